The van der Waals surface area contributed by atoms with Crippen LogP contribution >= 0.6 is 0 Å². The van der Waals surface area contributed by atoms with Crippen molar-refractivity contribution < 1.29 is 0 Å². The molecule has 0 aliphatic carbocycles. The summed E-state index contributed by atoms with van der Waals surface area (Å²) in [5, 5.41) is 3.69. The summed E-state index contributed by atoms with van der Waals surface area (Å²) in [4.78, 5) is 0. The van der Waals surface area contributed by atoms with Crippen molar-refractivity contribution in [2.24, 2.45) is 0 Å². The number of hydrogen-bond donors (Lipinski definition) is 2. The van der Waals surface area contributed by atoms with Crippen LogP contribution in [0.1, 0.15) is 70.1 Å². The summed E-state index contributed by atoms with van der Waals surface area (Å²) in [6.07, 6.45) is 3.34. The largest absolute Gasteiger partial charge is 0.399 e. The minimum absolute atomic E-state index is 0.0604. The second-order valence-electron chi connectivity index (χ2n) is 7.80. The number of aryl methyl sites for hydroxylation is 1. The van der Waals surface area contributed by atoms with Gasteiger partial charge in [0.05, 0.1) is 0 Å². The van der Waals surface area contributed by atoms with E-state index in [-0.39, 0.29) is 5.41 Å². The van der Waals surface area contributed by atoms with Crippen LogP contribution in [0.3, 0.4) is 0 Å². The minimum Gasteiger partial charge on any atom is -0.399 e. The molecule has 1 atom stereocenters. The Morgan fingerprint density at radius 2 is 1.80 bits per heavy atom. The molecule has 0 aliphatic rings. The van der Waals surface area contributed by atoms with Crippen LogP contribution in [0.25, 0.3) is 0 Å². The summed E-state index contributed by atoms with van der Waals surface area (Å²) in [5.41, 5.74) is 12.3. The maximum atomic E-state index is 5.97. The second-order valence-corrected chi connectivity index (χ2v) is 7.80. The van der Waals surface area contributed by atoms with Gasteiger partial charge in [0.25, 0.3) is 0 Å². The fourth-order valence-corrected chi connectivity index (χ4v) is 3.44. The van der Waals surface area contributed by atoms with E-state index in [1.54, 1.807) is 0 Å². The van der Waals surface area contributed by atoms with Gasteiger partial charge in [0.1, 0.15) is 0 Å². The van der Waals surface area contributed by atoms with E-state index in [1.165, 1.54) is 28.8 Å². The molecule has 3 N–H and O–H groups in total. The van der Waals surface area contributed by atoms with E-state index in [2.05, 4.69) is 76.3 Å². The van der Waals surface area contributed by atoms with Gasteiger partial charge in [-0.05, 0) is 53.6 Å². The zero-order valence-corrected chi connectivity index (χ0v) is 16.5. The number of benzene rings is 2. The molecule has 136 valence electrons. The SMILES string of the molecule is CCCc1cc(N)ccc1NCC(C)(C)c1ccccc1C(C)CC. The van der Waals surface area contributed by atoms with Crippen LogP contribution < -0.4 is 11.1 Å². The average molecular weight is 339 g/mol. The van der Waals surface area contributed by atoms with E-state index >= 15 is 0 Å². The van der Waals surface area contributed by atoms with Gasteiger partial charge >= 0.3 is 0 Å². The Labute approximate surface area is 153 Å². The van der Waals surface area contributed by atoms with Crippen LogP contribution in [0.5, 0.6) is 0 Å². The lowest BCUT2D eigenvalue weighted by atomic mass is 9.78. The first kappa shape index (κ1) is 19.4. The first-order valence-corrected chi connectivity index (χ1v) is 9.60. The molecule has 0 spiro atoms. The lowest BCUT2D eigenvalue weighted by Crippen LogP contribution is -2.29. The van der Waals surface area contributed by atoms with E-state index in [0.717, 1.165) is 25.1 Å². The molecule has 0 saturated carbocycles. The van der Waals surface area contributed by atoms with Gasteiger partial charge in [-0.15, -0.1) is 0 Å². The lowest BCUT2D eigenvalue weighted by Gasteiger charge is -2.31. The topological polar surface area (TPSA) is 38.0 Å². The average Bonchev–Trinajstić information content (AvgIpc) is 2.60. The summed E-state index contributed by atoms with van der Waals surface area (Å²) in [5.74, 6) is 0.586. The maximum absolute atomic E-state index is 5.97. The van der Waals surface area contributed by atoms with Crippen molar-refractivity contribution in [3.8, 4) is 0 Å². The van der Waals surface area contributed by atoms with Gasteiger partial charge in [0, 0.05) is 23.3 Å². The van der Waals surface area contributed by atoms with Crippen molar-refractivity contribution in [1.82, 2.24) is 0 Å². The first-order chi connectivity index (χ1) is 11.9. The molecule has 2 nitrogen and oxygen atoms in total. The summed E-state index contributed by atoms with van der Waals surface area (Å²) in [6, 6.07) is 15.1. The van der Waals surface area contributed by atoms with E-state index in [0.29, 0.717) is 5.92 Å². The standard InChI is InChI=1S/C23H34N2/c1-6-10-18-15-19(24)13-14-22(18)25-16-23(4,5)21-12-9-8-11-20(21)17(3)7-2/h8-9,11-15,17,25H,6-7,10,16,24H2,1-5H3. The molecule has 2 rings (SSSR count). The predicted octanol–water partition coefficient (Wildman–Crippen LogP) is 6.12. The molecular formula is C23H34N2. The molecule has 0 aliphatic heterocycles. The van der Waals surface area contributed by atoms with Crippen molar-refractivity contribution in [2.75, 3.05) is 17.6 Å². The molecule has 0 bridgehead atoms. The molecule has 0 amide bonds. The fraction of sp³-hybridized carbons (Fsp3) is 0.478. The van der Waals surface area contributed by atoms with Crippen LogP contribution in [0.15, 0.2) is 42.5 Å². The number of nitrogens with one attached hydrogen (secondary N) is 1. The van der Waals surface area contributed by atoms with Crippen molar-refractivity contribution in [2.45, 2.75) is 65.2 Å². The molecule has 2 aromatic rings. The van der Waals surface area contributed by atoms with Crippen LogP contribution in [0.4, 0.5) is 11.4 Å². The molecule has 2 aromatic carbocycles. The molecule has 0 aromatic heterocycles. The lowest BCUT2D eigenvalue weighted by molar-refractivity contribution is 0.542. The van der Waals surface area contributed by atoms with Gasteiger partial charge in [-0.25, -0.2) is 0 Å². The fourth-order valence-electron chi connectivity index (χ4n) is 3.44. The third-order valence-electron chi connectivity index (χ3n) is 5.20. The monoisotopic (exact) mass is 338 g/mol. The van der Waals surface area contributed by atoms with Crippen molar-refractivity contribution >= 4 is 11.4 Å². The van der Waals surface area contributed by atoms with E-state index < -0.39 is 0 Å². The number of nitrogen functional groups attached to an aromatic ring is 1. The molecule has 0 fully saturated rings. The first-order valence-electron chi connectivity index (χ1n) is 9.60. The Kier molecular flexibility index (Phi) is 6.52. The van der Waals surface area contributed by atoms with Crippen LogP contribution in [-0.4, -0.2) is 6.54 Å². The van der Waals surface area contributed by atoms with Gasteiger partial charge in [-0.2, -0.15) is 0 Å². The smallest absolute Gasteiger partial charge is 0.0374 e. The van der Waals surface area contributed by atoms with Gasteiger partial charge in [-0.1, -0.05) is 65.3 Å². The zero-order chi connectivity index (χ0) is 18.4. The Morgan fingerprint density at radius 3 is 2.48 bits per heavy atom. The highest BCUT2D eigenvalue weighted by atomic mass is 14.9. The Morgan fingerprint density at radius 1 is 1.08 bits per heavy atom. The van der Waals surface area contributed by atoms with Crippen molar-refractivity contribution in [3.63, 3.8) is 0 Å². The summed E-state index contributed by atoms with van der Waals surface area (Å²) in [7, 11) is 0. The number of hydrogen-bond acceptors (Lipinski definition) is 2. The van der Waals surface area contributed by atoms with Crippen LogP contribution in [0, 0.1) is 0 Å². The number of rotatable bonds is 8. The normalized spacial score (nSPS) is 12.8. The summed E-state index contributed by atoms with van der Waals surface area (Å²) >= 11 is 0. The molecular weight excluding hydrogens is 304 g/mol. The van der Waals surface area contributed by atoms with Gasteiger partial charge < -0.3 is 11.1 Å². The zero-order valence-electron chi connectivity index (χ0n) is 16.5. The summed E-state index contributed by atoms with van der Waals surface area (Å²) in [6.45, 7) is 12.4. The Hall–Kier alpha value is -1.96. The van der Waals surface area contributed by atoms with Crippen LogP contribution in [0.2, 0.25) is 0 Å². The van der Waals surface area contributed by atoms with E-state index in [9.17, 15) is 0 Å². The molecule has 2 heteroatoms. The predicted molar refractivity (Wildman–Crippen MR) is 112 cm³/mol. The Bertz CT molecular complexity index is 688. The highest BCUT2D eigenvalue weighted by Gasteiger charge is 2.25. The number of nitrogens with two attached hydrogens (primary N) is 1. The highest BCUT2D eigenvalue weighted by molar-refractivity contribution is 5.58. The van der Waals surface area contributed by atoms with Crippen molar-refractivity contribution in [1.29, 1.82) is 0 Å². The van der Waals surface area contributed by atoms with Gasteiger partial charge in [0.2, 0.25) is 0 Å². The minimum atomic E-state index is 0.0604. The molecule has 0 radical (unpaired) electrons. The highest BCUT2D eigenvalue weighted by Crippen LogP contribution is 2.33. The summed E-state index contributed by atoms with van der Waals surface area (Å²) < 4.78 is 0. The van der Waals surface area contributed by atoms with Gasteiger partial charge in [0.15, 0.2) is 0 Å². The molecule has 25 heavy (non-hydrogen) atoms. The van der Waals surface area contributed by atoms with E-state index in [1.807, 2.05) is 6.07 Å². The molecule has 0 heterocycles. The second kappa shape index (κ2) is 8.42. The quantitative estimate of drug-likeness (QED) is 0.569. The maximum Gasteiger partial charge on any atom is 0.0374 e. The Balaban J connectivity index is 2.23. The number of anilines is 2. The van der Waals surface area contributed by atoms with Crippen LogP contribution in [-0.2, 0) is 11.8 Å². The molecule has 0 saturated heterocycles. The molecule has 1 unspecified atom stereocenters. The van der Waals surface area contributed by atoms with E-state index in [4.69, 9.17) is 5.73 Å². The third kappa shape index (κ3) is 4.78. The van der Waals surface area contributed by atoms with Gasteiger partial charge in [-0.3, -0.25) is 0 Å². The third-order valence-corrected chi connectivity index (χ3v) is 5.20. The van der Waals surface area contributed by atoms with Crippen molar-refractivity contribution in [3.05, 3.63) is 59.2 Å².